The van der Waals surface area contributed by atoms with Gasteiger partial charge in [0, 0.05) is 0 Å². The number of H-pyrrole nitrogens is 1. The lowest BCUT2D eigenvalue weighted by molar-refractivity contribution is 0.443. The van der Waals surface area contributed by atoms with Crippen molar-refractivity contribution >= 4 is 24.0 Å². The van der Waals surface area contributed by atoms with E-state index >= 15 is 0 Å². The summed E-state index contributed by atoms with van der Waals surface area (Å²) >= 11 is 1.21. The third kappa shape index (κ3) is 2.93. The molecular weight excluding hydrogens is 266 g/mol. The van der Waals surface area contributed by atoms with Crippen LogP contribution in [0.3, 0.4) is 0 Å². The molecule has 1 fully saturated rings. The van der Waals surface area contributed by atoms with Gasteiger partial charge in [-0.3, -0.25) is 4.79 Å². The fourth-order valence-corrected chi connectivity index (χ4v) is 3.68. The summed E-state index contributed by atoms with van der Waals surface area (Å²) in [6, 6.07) is 8.77. The molecule has 1 heterocycles. The van der Waals surface area contributed by atoms with Crippen LogP contribution in [0, 0.1) is 0 Å². The zero-order chi connectivity index (χ0) is 13.9. The highest BCUT2D eigenvalue weighted by atomic mass is 32.1. The molecule has 0 aliphatic heterocycles. The Kier molecular flexibility index (Phi) is 3.88. The molecule has 0 atom stereocenters. The number of rotatable bonds is 2. The van der Waals surface area contributed by atoms with Crippen molar-refractivity contribution in [3.8, 4) is 0 Å². The van der Waals surface area contributed by atoms with Crippen molar-refractivity contribution in [3.63, 3.8) is 0 Å². The van der Waals surface area contributed by atoms with Crippen LogP contribution in [0.25, 0.3) is 12.7 Å². The van der Waals surface area contributed by atoms with Crippen molar-refractivity contribution in [3.05, 3.63) is 54.9 Å². The van der Waals surface area contributed by atoms with Gasteiger partial charge in [0.25, 0.3) is 0 Å². The number of hydrogen-bond acceptors (Lipinski definition) is 2. The van der Waals surface area contributed by atoms with Crippen LogP contribution in [0.4, 0.5) is 0 Å². The third-order valence-corrected chi connectivity index (χ3v) is 4.94. The van der Waals surface area contributed by atoms with Gasteiger partial charge in [-0.2, -0.15) is 0 Å². The van der Waals surface area contributed by atoms with Crippen molar-refractivity contribution in [2.24, 2.45) is 0 Å². The maximum atomic E-state index is 11.3. The van der Waals surface area contributed by atoms with E-state index in [2.05, 4.69) is 35.8 Å². The summed E-state index contributed by atoms with van der Waals surface area (Å²) < 4.78 is 0.917. The van der Waals surface area contributed by atoms with E-state index in [1.165, 1.54) is 49.0 Å². The van der Waals surface area contributed by atoms with Crippen LogP contribution < -0.4 is 14.8 Å². The Morgan fingerprint density at radius 2 is 1.85 bits per heavy atom. The van der Waals surface area contributed by atoms with Crippen LogP contribution in [-0.2, 0) is 0 Å². The lowest BCUT2D eigenvalue weighted by Crippen LogP contribution is -2.19. The van der Waals surface area contributed by atoms with Gasteiger partial charge in [0.05, 0.1) is 9.88 Å². The minimum atomic E-state index is -0.0416. The van der Waals surface area contributed by atoms with Crippen molar-refractivity contribution in [1.29, 1.82) is 0 Å². The van der Waals surface area contributed by atoms with E-state index in [0.29, 0.717) is 5.35 Å². The molecule has 1 aromatic heterocycles. The number of benzene rings is 1. The molecule has 1 N–H and O–H groups in total. The lowest BCUT2D eigenvalue weighted by Gasteiger charge is -2.21. The molecule has 0 radical (unpaired) electrons. The molecule has 2 nitrogen and oxygen atoms in total. The van der Waals surface area contributed by atoms with Gasteiger partial charge in [-0.15, -0.1) is 0 Å². The molecule has 0 amide bonds. The Morgan fingerprint density at radius 3 is 2.45 bits per heavy atom. The summed E-state index contributed by atoms with van der Waals surface area (Å²) in [5.74, 6) is 0.740. The maximum Gasteiger partial charge on any atom is 0.305 e. The molecule has 1 aromatic carbocycles. The first-order valence-electron chi connectivity index (χ1n) is 7.22. The first kappa shape index (κ1) is 13.4. The van der Waals surface area contributed by atoms with Crippen LogP contribution in [0.1, 0.15) is 49.1 Å². The van der Waals surface area contributed by atoms with Gasteiger partial charge in [-0.1, -0.05) is 61.4 Å². The smallest absolute Gasteiger partial charge is 0.305 e. The third-order valence-electron chi connectivity index (χ3n) is 4.06. The minimum Gasteiger partial charge on any atom is -0.313 e. The summed E-state index contributed by atoms with van der Waals surface area (Å²) in [6.07, 6.45) is 8.79. The average Bonchev–Trinajstić information content (AvgIpc) is 2.79. The largest absolute Gasteiger partial charge is 0.313 e. The summed E-state index contributed by atoms with van der Waals surface area (Å²) in [4.78, 5) is 13.9. The molecule has 0 bridgehead atoms. The first-order chi connectivity index (χ1) is 9.72. The Bertz CT molecular complexity index is 733. The molecule has 0 unspecified atom stereocenters. The molecule has 104 valence electrons. The molecule has 3 rings (SSSR count). The summed E-state index contributed by atoms with van der Waals surface area (Å²) in [5, 5.41) is 0.705. The van der Waals surface area contributed by atoms with E-state index in [4.69, 9.17) is 0 Å². The van der Waals surface area contributed by atoms with E-state index in [-0.39, 0.29) is 4.87 Å². The Balaban J connectivity index is 1.86. The van der Waals surface area contributed by atoms with Crippen LogP contribution in [0.15, 0.2) is 29.1 Å². The number of aromatic nitrogens is 1. The summed E-state index contributed by atoms with van der Waals surface area (Å²) in [6.45, 7) is 3.85. The fraction of sp³-hybridized carbons (Fsp3) is 0.353. The lowest BCUT2D eigenvalue weighted by atomic mass is 9.84. The van der Waals surface area contributed by atoms with Crippen molar-refractivity contribution in [2.45, 2.75) is 38.0 Å². The zero-order valence-electron chi connectivity index (χ0n) is 11.5. The SMILES string of the molecule is C=c1[nH]c(=O)s/c1=C\c1ccc(C2CCCCC2)cc1. The highest BCUT2D eigenvalue weighted by Crippen LogP contribution is 2.32. The molecule has 1 aliphatic carbocycles. The van der Waals surface area contributed by atoms with Gasteiger partial charge in [0.15, 0.2) is 0 Å². The van der Waals surface area contributed by atoms with Crippen LogP contribution in [0.5, 0.6) is 0 Å². The highest BCUT2D eigenvalue weighted by molar-refractivity contribution is 7.07. The molecule has 1 aliphatic rings. The summed E-state index contributed by atoms with van der Waals surface area (Å²) in [5.41, 5.74) is 2.59. The van der Waals surface area contributed by atoms with E-state index in [1.807, 2.05) is 6.08 Å². The maximum absolute atomic E-state index is 11.3. The van der Waals surface area contributed by atoms with Crippen molar-refractivity contribution in [2.75, 3.05) is 0 Å². The molecule has 3 heteroatoms. The van der Waals surface area contributed by atoms with Crippen LogP contribution >= 0.6 is 11.3 Å². The predicted octanol–water partition coefficient (Wildman–Crippen LogP) is 2.72. The van der Waals surface area contributed by atoms with E-state index in [1.54, 1.807) is 0 Å². The van der Waals surface area contributed by atoms with E-state index in [9.17, 15) is 4.79 Å². The summed E-state index contributed by atoms with van der Waals surface area (Å²) in [7, 11) is 0. The van der Waals surface area contributed by atoms with Gasteiger partial charge in [-0.25, -0.2) is 0 Å². The minimum absolute atomic E-state index is 0.0416. The van der Waals surface area contributed by atoms with Crippen LogP contribution in [-0.4, -0.2) is 4.98 Å². The Morgan fingerprint density at radius 1 is 1.15 bits per heavy atom. The first-order valence-corrected chi connectivity index (χ1v) is 8.04. The number of nitrogens with one attached hydrogen (secondary N) is 1. The quantitative estimate of drug-likeness (QED) is 0.904. The standard InChI is InChI=1S/C17H19NOS/c1-12-16(20-17(19)18-12)11-13-7-9-15(10-8-13)14-5-3-2-4-6-14/h7-11,14H,1-6H2,(H,18,19)/b16-11-. The fourth-order valence-electron chi connectivity index (χ4n) is 2.94. The number of hydrogen-bond donors (Lipinski definition) is 1. The monoisotopic (exact) mass is 285 g/mol. The second-order valence-corrected chi connectivity index (χ2v) is 6.52. The van der Waals surface area contributed by atoms with E-state index in [0.717, 1.165) is 16.0 Å². The van der Waals surface area contributed by atoms with Crippen molar-refractivity contribution < 1.29 is 0 Å². The molecule has 20 heavy (non-hydrogen) atoms. The molecule has 2 aromatic rings. The predicted molar refractivity (Wildman–Crippen MR) is 85.5 cm³/mol. The number of thiazole rings is 1. The van der Waals surface area contributed by atoms with Crippen molar-refractivity contribution in [1.82, 2.24) is 4.98 Å². The van der Waals surface area contributed by atoms with Gasteiger partial charge in [0.2, 0.25) is 0 Å². The topological polar surface area (TPSA) is 32.9 Å². The molecule has 0 saturated heterocycles. The molecular formula is C17H19NOS. The van der Waals surface area contributed by atoms with Crippen LogP contribution in [0.2, 0.25) is 0 Å². The van der Waals surface area contributed by atoms with Gasteiger partial charge in [-0.05, 0) is 36.0 Å². The Hall–Kier alpha value is -1.61. The van der Waals surface area contributed by atoms with E-state index < -0.39 is 0 Å². The second kappa shape index (κ2) is 5.80. The average molecular weight is 285 g/mol. The molecule has 1 saturated carbocycles. The Labute approximate surface area is 122 Å². The molecule has 0 spiro atoms. The highest BCUT2D eigenvalue weighted by Gasteiger charge is 2.14. The zero-order valence-corrected chi connectivity index (χ0v) is 12.3. The van der Waals surface area contributed by atoms with Gasteiger partial charge < -0.3 is 4.98 Å². The van der Waals surface area contributed by atoms with Gasteiger partial charge >= 0.3 is 4.87 Å². The van der Waals surface area contributed by atoms with Gasteiger partial charge in [0.1, 0.15) is 0 Å². The second-order valence-electron chi connectivity index (χ2n) is 5.50. The normalized spacial score (nSPS) is 17.5. The number of aromatic amines is 1.